The predicted octanol–water partition coefficient (Wildman–Crippen LogP) is 3.38. The molecule has 0 rings (SSSR count). The molecule has 0 saturated carbocycles. The van der Waals surface area contributed by atoms with Crippen LogP contribution in [0.4, 0.5) is 4.79 Å². The third-order valence-electron chi connectivity index (χ3n) is 2.96. The monoisotopic (exact) mass is 300 g/mol. The maximum absolute atomic E-state index is 11.8. The number of unbranched alkanes of at least 4 members (excludes halogenated alkanes) is 5. The number of nitrogens with one attached hydrogen (secondary N) is 2. The van der Waals surface area contributed by atoms with Crippen molar-refractivity contribution in [2.75, 3.05) is 6.54 Å². The number of amides is 2. The third kappa shape index (κ3) is 12.2. The molecule has 124 valence electrons. The molecular formula is C16H32N2O3. The van der Waals surface area contributed by atoms with E-state index < -0.39 is 17.7 Å². The number of carbonyl (C=O) groups excluding carboxylic acids is 2. The molecule has 0 aromatic heterocycles. The van der Waals surface area contributed by atoms with Gasteiger partial charge in [0.15, 0.2) is 0 Å². The van der Waals surface area contributed by atoms with Gasteiger partial charge in [-0.15, -0.1) is 0 Å². The molecule has 0 aromatic carbocycles. The smallest absolute Gasteiger partial charge is 0.408 e. The lowest BCUT2D eigenvalue weighted by atomic mass is 10.1. The van der Waals surface area contributed by atoms with Crippen LogP contribution in [0.5, 0.6) is 0 Å². The van der Waals surface area contributed by atoms with Crippen molar-refractivity contribution >= 4 is 12.0 Å². The van der Waals surface area contributed by atoms with Crippen LogP contribution in [0.25, 0.3) is 0 Å². The van der Waals surface area contributed by atoms with Crippen molar-refractivity contribution in [3.8, 4) is 0 Å². The van der Waals surface area contributed by atoms with Gasteiger partial charge in [0.05, 0.1) is 0 Å². The third-order valence-corrected chi connectivity index (χ3v) is 2.96. The lowest BCUT2D eigenvalue weighted by molar-refractivity contribution is -0.122. The van der Waals surface area contributed by atoms with Gasteiger partial charge in [-0.3, -0.25) is 4.79 Å². The fourth-order valence-electron chi connectivity index (χ4n) is 1.82. The second-order valence-corrected chi connectivity index (χ2v) is 6.43. The number of rotatable bonds is 9. The first-order valence-corrected chi connectivity index (χ1v) is 8.03. The van der Waals surface area contributed by atoms with Crippen LogP contribution in [0.3, 0.4) is 0 Å². The number of hydrogen-bond donors (Lipinski definition) is 2. The lowest BCUT2D eigenvalue weighted by Gasteiger charge is -2.21. The Kier molecular flexibility index (Phi) is 9.84. The molecule has 0 spiro atoms. The second-order valence-electron chi connectivity index (χ2n) is 6.43. The van der Waals surface area contributed by atoms with E-state index in [9.17, 15) is 9.59 Å². The van der Waals surface area contributed by atoms with E-state index >= 15 is 0 Å². The minimum atomic E-state index is -0.583. The van der Waals surface area contributed by atoms with E-state index in [2.05, 4.69) is 17.6 Å². The van der Waals surface area contributed by atoms with Gasteiger partial charge in [-0.2, -0.15) is 0 Å². The zero-order valence-electron chi connectivity index (χ0n) is 14.3. The van der Waals surface area contributed by atoms with Crippen molar-refractivity contribution in [1.29, 1.82) is 0 Å². The van der Waals surface area contributed by atoms with Crippen molar-refractivity contribution in [1.82, 2.24) is 10.6 Å². The Balaban J connectivity index is 3.73. The summed E-state index contributed by atoms with van der Waals surface area (Å²) in [6.07, 6.45) is 6.55. The standard InChI is InChI=1S/C16H32N2O3/c1-6-7-8-9-10-11-12-17-14(19)13(2)18-15(20)21-16(3,4)5/h13H,6-12H2,1-5H3,(H,17,19)(H,18,20). The number of hydrogen-bond acceptors (Lipinski definition) is 3. The molecule has 0 aliphatic heterocycles. The van der Waals surface area contributed by atoms with Crippen LogP contribution in [0.15, 0.2) is 0 Å². The van der Waals surface area contributed by atoms with Gasteiger partial charge in [0.2, 0.25) is 5.91 Å². The Morgan fingerprint density at radius 2 is 1.62 bits per heavy atom. The largest absolute Gasteiger partial charge is 0.444 e. The highest BCUT2D eigenvalue weighted by atomic mass is 16.6. The highest BCUT2D eigenvalue weighted by molar-refractivity contribution is 5.85. The molecule has 5 heteroatoms. The minimum Gasteiger partial charge on any atom is -0.444 e. The lowest BCUT2D eigenvalue weighted by Crippen LogP contribution is -2.46. The quantitative estimate of drug-likeness (QED) is 0.641. The van der Waals surface area contributed by atoms with Crippen LogP contribution in [-0.2, 0) is 9.53 Å². The molecule has 0 aromatic rings. The molecule has 0 bridgehead atoms. The summed E-state index contributed by atoms with van der Waals surface area (Å²) in [5.74, 6) is -0.172. The van der Waals surface area contributed by atoms with Gasteiger partial charge >= 0.3 is 6.09 Å². The molecule has 2 amide bonds. The van der Waals surface area contributed by atoms with E-state index in [1.165, 1.54) is 25.7 Å². The molecule has 0 radical (unpaired) electrons. The molecule has 0 heterocycles. The summed E-state index contributed by atoms with van der Waals surface area (Å²) < 4.78 is 5.11. The van der Waals surface area contributed by atoms with Crippen LogP contribution in [0.1, 0.15) is 73.1 Å². The summed E-state index contributed by atoms with van der Waals surface area (Å²) in [7, 11) is 0. The topological polar surface area (TPSA) is 67.4 Å². The average Bonchev–Trinajstić information content (AvgIpc) is 2.34. The van der Waals surface area contributed by atoms with Crippen molar-refractivity contribution in [2.45, 2.75) is 84.8 Å². The molecule has 0 saturated heterocycles. The van der Waals surface area contributed by atoms with Gasteiger partial charge in [0.25, 0.3) is 0 Å². The predicted molar refractivity (Wildman–Crippen MR) is 85.2 cm³/mol. The van der Waals surface area contributed by atoms with Crippen LogP contribution in [-0.4, -0.2) is 30.2 Å². The van der Waals surface area contributed by atoms with E-state index in [1.807, 2.05) is 0 Å². The van der Waals surface area contributed by atoms with E-state index in [4.69, 9.17) is 4.74 Å². The molecule has 0 fully saturated rings. The van der Waals surface area contributed by atoms with Crippen LogP contribution < -0.4 is 10.6 Å². The molecule has 1 unspecified atom stereocenters. The fraction of sp³-hybridized carbons (Fsp3) is 0.875. The maximum atomic E-state index is 11.8. The summed E-state index contributed by atoms with van der Waals surface area (Å²) in [6.45, 7) is 9.87. The summed E-state index contributed by atoms with van der Waals surface area (Å²) in [4.78, 5) is 23.3. The zero-order chi connectivity index (χ0) is 16.3. The van der Waals surface area contributed by atoms with Crippen molar-refractivity contribution < 1.29 is 14.3 Å². The minimum absolute atomic E-state index is 0.172. The summed E-state index contributed by atoms with van der Waals surface area (Å²) in [5.41, 5.74) is -0.557. The SMILES string of the molecule is CCCCCCCCNC(=O)C(C)NC(=O)OC(C)(C)C. The maximum Gasteiger partial charge on any atom is 0.408 e. The van der Waals surface area contributed by atoms with Crippen LogP contribution in [0.2, 0.25) is 0 Å². The molecular weight excluding hydrogens is 268 g/mol. The highest BCUT2D eigenvalue weighted by Crippen LogP contribution is 2.07. The summed E-state index contributed by atoms with van der Waals surface area (Å²) in [5, 5.41) is 5.36. The summed E-state index contributed by atoms with van der Waals surface area (Å²) in [6, 6.07) is -0.583. The summed E-state index contributed by atoms with van der Waals surface area (Å²) >= 11 is 0. The van der Waals surface area contributed by atoms with E-state index in [0.29, 0.717) is 6.54 Å². The second kappa shape index (κ2) is 10.5. The Hall–Kier alpha value is -1.26. The molecule has 0 aliphatic carbocycles. The van der Waals surface area contributed by atoms with Crippen molar-refractivity contribution in [3.05, 3.63) is 0 Å². The van der Waals surface area contributed by atoms with Gasteiger partial charge in [-0.1, -0.05) is 39.0 Å². The normalized spacial score (nSPS) is 12.6. The van der Waals surface area contributed by atoms with Gasteiger partial charge in [0.1, 0.15) is 11.6 Å². The molecule has 2 N–H and O–H groups in total. The Labute approximate surface area is 129 Å². The first-order valence-electron chi connectivity index (χ1n) is 8.03. The molecule has 21 heavy (non-hydrogen) atoms. The number of carbonyl (C=O) groups is 2. The van der Waals surface area contributed by atoms with Crippen molar-refractivity contribution in [3.63, 3.8) is 0 Å². The average molecular weight is 300 g/mol. The van der Waals surface area contributed by atoms with E-state index in [1.54, 1.807) is 27.7 Å². The molecule has 5 nitrogen and oxygen atoms in total. The molecule has 1 atom stereocenters. The van der Waals surface area contributed by atoms with Gasteiger partial charge in [-0.05, 0) is 34.1 Å². The van der Waals surface area contributed by atoms with Crippen LogP contribution in [0, 0.1) is 0 Å². The fourth-order valence-corrected chi connectivity index (χ4v) is 1.82. The van der Waals surface area contributed by atoms with Gasteiger partial charge < -0.3 is 15.4 Å². The van der Waals surface area contributed by atoms with Gasteiger partial charge in [0, 0.05) is 6.54 Å². The highest BCUT2D eigenvalue weighted by Gasteiger charge is 2.20. The Morgan fingerprint density at radius 3 is 2.19 bits per heavy atom. The Morgan fingerprint density at radius 1 is 1.05 bits per heavy atom. The van der Waals surface area contributed by atoms with E-state index in [0.717, 1.165) is 12.8 Å². The van der Waals surface area contributed by atoms with Crippen molar-refractivity contribution in [2.24, 2.45) is 0 Å². The first kappa shape index (κ1) is 19.7. The zero-order valence-corrected chi connectivity index (χ0v) is 14.3. The van der Waals surface area contributed by atoms with E-state index in [-0.39, 0.29) is 5.91 Å². The number of ether oxygens (including phenoxy) is 1. The Bertz CT molecular complexity index is 311. The number of alkyl carbamates (subject to hydrolysis) is 1. The van der Waals surface area contributed by atoms with Crippen LogP contribution >= 0.6 is 0 Å². The first-order chi connectivity index (χ1) is 9.76. The molecule has 0 aliphatic rings. The van der Waals surface area contributed by atoms with Gasteiger partial charge in [-0.25, -0.2) is 4.79 Å².